The van der Waals surface area contributed by atoms with E-state index in [4.69, 9.17) is 4.74 Å². The van der Waals surface area contributed by atoms with Crippen molar-refractivity contribution in [1.29, 1.82) is 0 Å². The Balaban J connectivity index is 1.99. The minimum atomic E-state index is -0.728. The van der Waals surface area contributed by atoms with Crippen LogP contribution in [0.2, 0.25) is 0 Å². The van der Waals surface area contributed by atoms with Gasteiger partial charge in [-0.3, -0.25) is 0 Å². The van der Waals surface area contributed by atoms with Gasteiger partial charge in [0.05, 0.1) is 5.41 Å². The highest BCUT2D eigenvalue weighted by Crippen LogP contribution is 2.45. The predicted octanol–water partition coefficient (Wildman–Crippen LogP) is 7.27. The first-order chi connectivity index (χ1) is 18.2. The van der Waals surface area contributed by atoms with Gasteiger partial charge in [-0.2, -0.15) is 0 Å². The average Bonchev–Trinajstić information content (AvgIpc) is 3.30. The zero-order valence-electron chi connectivity index (χ0n) is 24.1. The number of fused-ring (bicyclic) bond motifs is 1. The molecule has 6 nitrogen and oxygen atoms in total. The number of aromatic nitrogens is 3. The van der Waals surface area contributed by atoms with E-state index in [1.54, 1.807) is 6.92 Å². The van der Waals surface area contributed by atoms with E-state index in [1.807, 2.05) is 60.7 Å². The van der Waals surface area contributed by atoms with E-state index in [2.05, 4.69) is 64.4 Å². The molecule has 1 N–H and O–H groups in total. The number of benzene rings is 3. The van der Waals surface area contributed by atoms with Crippen LogP contribution < -0.4 is 0 Å². The number of hydrogen-bond acceptors (Lipinski definition) is 5. The van der Waals surface area contributed by atoms with Crippen molar-refractivity contribution < 1.29 is 14.6 Å². The molecule has 0 aliphatic heterocycles. The van der Waals surface area contributed by atoms with Crippen molar-refractivity contribution in [3.8, 4) is 11.4 Å². The molecule has 39 heavy (non-hydrogen) atoms. The van der Waals surface area contributed by atoms with Gasteiger partial charge < -0.3 is 9.84 Å². The van der Waals surface area contributed by atoms with E-state index in [0.29, 0.717) is 11.3 Å². The Kier molecular flexibility index (Phi) is 7.44. The minimum absolute atomic E-state index is 0.0183. The topological polar surface area (TPSA) is 77.2 Å². The van der Waals surface area contributed by atoms with Crippen LogP contribution in [0, 0.1) is 5.41 Å². The van der Waals surface area contributed by atoms with E-state index in [0.717, 1.165) is 34.1 Å². The van der Waals surface area contributed by atoms with E-state index in [9.17, 15) is 9.90 Å². The molecular formula is C33H39N3O3. The Hall–Kier alpha value is -3.93. The standard InChI is InChI=1S/C33H39N3O3/c1-22(2)30(38)39-21-33(8,23-14-10-9-11-15-23)24-18-25(32(6,7)20-31(3,4)5)29(37)28(19-24)36-34-26-16-12-13-17-27(26)35-36/h9-19,37H,1,20-21H2,2-8H3. The molecule has 0 spiro atoms. The number of rotatable bonds is 8. The second kappa shape index (κ2) is 10.3. The van der Waals surface area contributed by atoms with Crippen molar-refractivity contribution in [2.75, 3.05) is 6.61 Å². The number of aromatic hydroxyl groups is 1. The SMILES string of the molecule is C=C(C)C(=O)OCC(C)(c1ccccc1)c1cc(-n2nc3ccccc3n2)c(O)c(C(C)(C)CC(C)(C)C)c1. The lowest BCUT2D eigenvalue weighted by Gasteiger charge is -2.36. The number of phenolic OH excluding ortho intramolecular Hbond substituents is 1. The summed E-state index contributed by atoms with van der Waals surface area (Å²) in [5.41, 5.74) is 3.86. The summed E-state index contributed by atoms with van der Waals surface area (Å²) in [5.74, 6) is -0.299. The summed E-state index contributed by atoms with van der Waals surface area (Å²) in [6.45, 7) is 18.4. The number of carbonyl (C=O) groups is 1. The number of hydrogen-bond donors (Lipinski definition) is 1. The highest BCUT2D eigenvalue weighted by Gasteiger charge is 2.37. The van der Waals surface area contributed by atoms with Gasteiger partial charge in [0.25, 0.3) is 0 Å². The van der Waals surface area contributed by atoms with Crippen molar-refractivity contribution in [3.05, 3.63) is 95.6 Å². The predicted molar refractivity (Wildman–Crippen MR) is 156 cm³/mol. The number of ether oxygens (including phenoxy) is 1. The van der Waals surface area contributed by atoms with Crippen LogP contribution in [0.3, 0.4) is 0 Å². The lowest BCUT2D eigenvalue weighted by Crippen LogP contribution is -2.33. The fraction of sp³-hybridized carbons (Fsp3) is 0.364. The summed E-state index contributed by atoms with van der Waals surface area (Å²) in [5, 5.41) is 21.1. The van der Waals surface area contributed by atoms with Crippen molar-refractivity contribution in [2.24, 2.45) is 5.41 Å². The highest BCUT2D eigenvalue weighted by molar-refractivity contribution is 5.87. The van der Waals surface area contributed by atoms with Gasteiger partial charge in [-0.05, 0) is 60.4 Å². The maximum atomic E-state index is 12.5. The maximum Gasteiger partial charge on any atom is 0.333 e. The third kappa shape index (κ3) is 5.90. The third-order valence-electron chi connectivity index (χ3n) is 7.18. The van der Waals surface area contributed by atoms with Gasteiger partial charge in [-0.15, -0.1) is 15.0 Å². The third-order valence-corrected chi connectivity index (χ3v) is 7.18. The number of phenols is 1. The molecule has 0 radical (unpaired) electrons. The zero-order valence-corrected chi connectivity index (χ0v) is 24.1. The van der Waals surface area contributed by atoms with Gasteiger partial charge >= 0.3 is 5.97 Å². The molecule has 1 aromatic heterocycles. The number of esters is 1. The average molecular weight is 526 g/mol. The van der Waals surface area contributed by atoms with Crippen LogP contribution in [-0.4, -0.2) is 32.7 Å². The first-order valence-electron chi connectivity index (χ1n) is 13.3. The highest BCUT2D eigenvalue weighted by atomic mass is 16.5. The fourth-order valence-electron chi connectivity index (χ4n) is 5.47. The normalized spacial score (nSPS) is 13.7. The first kappa shape index (κ1) is 28.1. The molecule has 0 aliphatic carbocycles. The maximum absolute atomic E-state index is 12.5. The summed E-state index contributed by atoms with van der Waals surface area (Å²) < 4.78 is 5.77. The molecule has 1 unspecified atom stereocenters. The fourth-order valence-corrected chi connectivity index (χ4v) is 5.47. The van der Waals surface area contributed by atoms with Crippen LogP contribution in [0.4, 0.5) is 0 Å². The molecule has 3 aromatic carbocycles. The van der Waals surface area contributed by atoms with Crippen molar-refractivity contribution >= 4 is 17.0 Å². The van der Waals surface area contributed by atoms with Crippen LogP contribution in [-0.2, 0) is 20.4 Å². The Labute approximate surface area is 231 Å². The molecule has 204 valence electrons. The van der Waals surface area contributed by atoms with Crippen molar-refractivity contribution in [2.45, 2.75) is 65.7 Å². The second-order valence-electron chi connectivity index (χ2n) is 12.5. The molecule has 6 heteroatoms. The Bertz CT molecular complexity index is 1480. The Morgan fingerprint density at radius 1 is 0.897 bits per heavy atom. The van der Waals surface area contributed by atoms with Crippen LogP contribution in [0.25, 0.3) is 16.7 Å². The second-order valence-corrected chi connectivity index (χ2v) is 12.5. The Morgan fingerprint density at radius 2 is 1.46 bits per heavy atom. The monoisotopic (exact) mass is 525 g/mol. The number of nitrogens with zero attached hydrogens (tertiary/aromatic N) is 3. The summed E-state index contributed by atoms with van der Waals surface area (Å²) in [4.78, 5) is 14.0. The minimum Gasteiger partial charge on any atom is -0.505 e. The number of carbonyl (C=O) groups excluding carboxylic acids is 1. The summed E-state index contributed by atoms with van der Waals surface area (Å²) in [6, 6.07) is 21.6. The lowest BCUT2D eigenvalue weighted by atomic mass is 9.69. The van der Waals surface area contributed by atoms with Gasteiger partial charge in [-0.1, -0.05) is 89.7 Å². The molecule has 0 bridgehead atoms. The molecule has 0 saturated carbocycles. The quantitative estimate of drug-likeness (QED) is 0.193. The van der Waals surface area contributed by atoms with E-state index >= 15 is 0 Å². The molecule has 0 saturated heterocycles. The van der Waals surface area contributed by atoms with Gasteiger partial charge in [0.2, 0.25) is 0 Å². The van der Waals surface area contributed by atoms with E-state index in [1.165, 1.54) is 4.80 Å². The molecule has 4 rings (SSSR count). The van der Waals surface area contributed by atoms with Crippen molar-refractivity contribution in [1.82, 2.24) is 15.0 Å². The van der Waals surface area contributed by atoms with Crippen LogP contribution in [0.15, 0.2) is 78.9 Å². The molecular weight excluding hydrogens is 486 g/mol. The van der Waals surface area contributed by atoms with Gasteiger partial charge in [0.1, 0.15) is 29.1 Å². The van der Waals surface area contributed by atoms with Crippen LogP contribution >= 0.6 is 0 Å². The molecule has 1 atom stereocenters. The summed E-state index contributed by atoms with van der Waals surface area (Å²) in [7, 11) is 0. The summed E-state index contributed by atoms with van der Waals surface area (Å²) in [6.07, 6.45) is 0.831. The Morgan fingerprint density at radius 3 is 2.00 bits per heavy atom. The van der Waals surface area contributed by atoms with Crippen LogP contribution in [0.5, 0.6) is 5.75 Å². The zero-order chi connectivity index (χ0) is 28.6. The van der Waals surface area contributed by atoms with Crippen molar-refractivity contribution in [3.63, 3.8) is 0 Å². The molecule has 0 aliphatic rings. The van der Waals surface area contributed by atoms with Crippen LogP contribution in [0.1, 0.15) is 71.6 Å². The van der Waals surface area contributed by atoms with E-state index < -0.39 is 11.4 Å². The lowest BCUT2D eigenvalue weighted by molar-refractivity contribution is -0.140. The largest absolute Gasteiger partial charge is 0.505 e. The van der Waals surface area contributed by atoms with Gasteiger partial charge in [0, 0.05) is 11.1 Å². The summed E-state index contributed by atoms with van der Waals surface area (Å²) >= 11 is 0. The van der Waals surface area contributed by atoms with Gasteiger partial charge in [-0.25, -0.2) is 4.79 Å². The molecule has 1 heterocycles. The van der Waals surface area contributed by atoms with E-state index in [-0.39, 0.29) is 23.2 Å². The molecule has 0 amide bonds. The smallest absolute Gasteiger partial charge is 0.333 e. The molecule has 0 fully saturated rings. The first-order valence-corrected chi connectivity index (χ1v) is 13.3. The van der Waals surface area contributed by atoms with Gasteiger partial charge in [0.15, 0.2) is 0 Å². The molecule has 4 aromatic rings.